The van der Waals surface area contributed by atoms with Gasteiger partial charge in [-0.25, -0.2) is 14.5 Å². The van der Waals surface area contributed by atoms with E-state index in [1.807, 2.05) is 54.6 Å². The van der Waals surface area contributed by atoms with Gasteiger partial charge in [0, 0.05) is 18.0 Å². The number of carbonyl (C=O) groups is 1. The van der Waals surface area contributed by atoms with Gasteiger partial charge in [-0.15, -0.1) is 0 Å². The van der Waals surface area contributed by atoms with Gasteiger partial charge < -0.3 is 14.6 Å². The molecule has 5 aromatic rings. The van der Waals surface area contributed by atoms with Gasteiger partial charge in [-0.3, -0.25) is 4.98 Å². The molecule has 0 saturated heterocycles. The number of methoxy groups -OCH3 is 2. The highest BCUT2D eigenvalue weighted by molar-refractivity contribution is 6.05. The number of carboxylic acids is 1. The van der Waals surface area contributed by atoms with Crippen molar-refractivity contribution in [3.63, 3.8) is 0 Å². The number of para-hydroxylation sites is 1. The van der Waals surface area contributed by atoms with Gasteiger partial charge in [0.1, 0.15) is 5.69 Å². The molecule has 5 rings (SSSR count). The van der Waals surface area contributed by atoms with Crippen LogP contribution in [0.5, 0.6) is 11.5 Å². The van der Waals surface area contributed by atoms with Crippen molar-refractivity contribution in [3.05, 3.63) is 84.8 Å². The highest BCUT2D eigenvalue weighted by atomic mass is 16.5. The Balaban J connectivity index is 1.90. The van der Waals surface area contributed by atoms with Crippen LogP contribution in [0.25, 0.3) is 39.1 Å². The third-order valence-electron chi connectivity index (χ3n) is 5.49. The van der Waals surface area contributed by atoms with Crippen LogP contribution in [0.3, 0.4) is 0 Å². The van der Waals surface area contributed by atoms with Crippen LogP contribution in [0.1, 0.15) is 10.5 Å². The second-order valence-electron chi connectivity index (χ2n) is 7.47. The number of benzene rings is 2. The SMILES string of the molecule is COc1ccc(-c2cc(C(=O)O)nc3c2c(-c2cccnc2)nn3-c2ccccc2)cc1OC. The standard InChI is InChI=1S/C26H20N4O4/c1-33-21-11-10-16(13-22(21)34-2)19-14-20(26(31)32)28-25-23(19)24(17-7-6-12-27-15-17)29-30(25)18-8-4-3-5-9-18/h3-15H,1-2H3,(H,31,32). The first-order valence-electron chi connectivity index (χ1n) is 10.5. The zero-order valence-corrected chi connectivity index (χ0v) is 18.5. The molecule has 0 atom stereocenters. The van der Waals surface area contributed by atoms with Crippen LogP contribution >= 0.6 is 0 Å². The summed E-state index contributed by atoms with van der Waals surface area (Å²) in [5, 5.41) is 15.4. The molecule has 0 aliphatic carbocycles. The molecule has 0 bridgehead atoms. The van der Waals surface area contributed by atoms with E-state index < -0.39 is 5.97 Å². The number of carboxylic acid groups (broad SMARTS) is 1. The number of pyridine rings is 2. The van der Waals surface area contributed by atoms with Crippen molar-refractivity contribution in [3.8, 4) is 39.6 Å². The monoisotopic (exact) mass is 452 g/mol. The van der Waals surface area contributed by atoms with Crippen molar-refractivity contribution in [2.45, 2.75) is 0 Å². The van der Waals surface area contributed by atoms with E-state index in [1.165, 1.54) is 0 Å². The molecule has 168 valence electrons. The Morgan fingerprint density at radius 3 is 2.38 bits per heavy atom. The van der Waals surface area contributed by atoms with Crippen LogP contribution < -0.4 is 9.47 Å². The molecule has 0 fully saturated rings. The normalized spacial score (nSPS) is 10.9. The lowest BCUT2D eigenvalue weighted by molar-refractivity contribution is 0.0691. The van der Waals surface area contributed by atoms with Crippen LogP contribution in [0.2, 0.25) is 0 Å². The maximum atomic E-state index is 12.0. The molecule has 8 heteroatoms. The molecule has 0 unspecified atom stereocenters. The summed E-state index contributed by atoms with van der Waals surface area (Å²) in [5.41, 5.74) is 3.92. The second kappa shape index (κ2) is 8.67. The first-order valence-corrected chi connectivity index (χ1v) is 10.5. The topological polar surface area (TPSA) is 99.4 Å². The number of fused-ring (bicyclic) bond motifs is 1. The second-order valence-corrected chi connectivity index (χ2v) is 7.47. The molecule has 2 aromatic carbocycles. The summed E-state index contributed by atoms with van der Waals surface area (Å²) in [4.78, 5) is 20.8. The van der Waals surface area contributed by atoms with Crippen LogP contribution in [0, 0.1) is 0 Å². The first kappa shape index (κ1) is 21.1. The average molecular weight is 452 g/mol. The lowest BCUT2D eigenvalue weighted by atomic mass is 9.98. The summed E-state index contributed by atoms with van der Waals surface area (Å²) in [6, 6.07) is 20.2. The molecule has 0 aliphatic heterocycles. The Morgan fingerprint density at radius 1 is 0.912 bits per heavy atom. The van der Waals surface area contributed by atoms with Gasteiger partial charge in [-0.1, -0.05) is 24.3 Å². The maximum absolute atomic E-state index is 12.0. The molecule has 0 saturated carbocycles. The van der Waals surface area contributed by atoms with E-state index in [0.717, 1.165) is 16.8 Å². The quantitative estimate of drug-likeness (QED) is 0.393. The van der Waals surface area contributed by atoms with E-state index in [-0.39, 0.29) is 5.69 Å². The smallest absolute Gasteiger partial charge is 0.354 e. The zero-order chi connectivity index (χ0) is 23.7. The number of hydrogen-bond acceptors (Lipinski definition) is 6. The zero-order valence-electron chi connectivity index (χ0n) is 18.5. The van der Waals surface area contributed by atoms with Gasteiger partial charge in [0.15, 0.2) is 22.8 Å². The van der Waals surface area contributed by atoms with Gasteiger partial charge >= 0.3 is 5.97 Å². The van der Waals surface area contributed by atoms with Crippen LogP contribution in [0.4, 0.5) is 0 Å². The molecule has 1 N–H and O–H groups in total. The summed E-state index contributed by atoms with van der Waals surface area (Å²) in [5.74, 6) is -0.0324. The molecule has 3 heterocycles. The Hall–Kier alpha value is -4.72. The number of aromatic nitrogens is 4. The van der Waals surface area contributed by atoms with Gasteiger partial charge in [0.2, 0.25) is 0 Å². The minimum absolute atomic E-state index is 0.0906. The largest absolute Gasteiger partial charge is 0.493 e. The molecule has 0 aliphatic rings. The Labute approximate surface area is 195 Å². The number of nitrogens with zero attached hydrogens (tertiary/aromatic N) is 4. The van der Waals surface area contributed by atoms with Crippen molar-refractivity contribution in [2.75, 3.05) is 14.2 Å². The minimum atomic E-state index is -1.13. The molecule has 3 aromatic heterocycles. The van der Waals surface area contributed by atoms with Crippen LogP contribution in [-0.4, -0.2) is 45.0 Å². The number of aromatic carboxylic acids is 1. The predicted octanol–water partition coefficient (Wildman–Crippen LogP) is 4.86. The van der Waals surface area contributed by atoms with Crippen molar-refractivity contribution in [1.82, 2.24) is 19.7 Å². The summed E-state index contributed by atoms with van der Waals surface area (Å²) < 4.78 is 12.5. The van der Waals surface area contributed by atoms with Crippen molar-refractivity contribution in [1.29, 1.82) is 0 Å². The van der Waals surface area contributed by atoms with E-state index in [1.54, 1.807) is 43.4 Å². The Kier molecular flexibility index (Phi) is 5.39. The summed E-state index contributed by atoms with van der Waals surface area (Å²) in [7, 11) is 3.12. The van der Waals surface area contributed by atoms with Crippen molar-refractivity contribution in [2.24, 2.45) is 0 Å². The summed E-state index contributed by atoms with van der Waals surface area (Å²) in [6.45, 7) is 0. The van der Waals surface area contributed by atoms with Gasteiger partial charge in [0.25, 0.3) is 0 Å². The maximum Gasteiger partial charge on any atom is 0.354 e. The van der Waals surface area contributed by atoms with E-state index in [0.29, 0.717) is 33.8 Å². The van der Waals surface area contributed by atoms with Crippen molar-refractivity contribution < 1.29 is 19.4 Å². The number of rotatable bonds is 6. The van der Waals surface area contributed by atoms with Crippen LogP contribution in [-0.2, 0) is 0 Å². The molecule has 0 spiro atoms. The third-order valence-corrected chi connectivity index (χ3v) is 5.49. The highest BCUT2D eigenvalue weighted by Gasteiger charge is 2.23. The molecule has 34 heavy (non-hydrogen) atoms. The van der Waals surface area contributed by atoms with E-state index in [9.17, 15) is 9.90 Å². The highest BCUT2D eigenvalue weighted by Crippen LogP contribution is 2.39. The van der Waals surface area contributed by atoms with Crippen molar-refractivity contribution >= 4 is 17.0 Å². The first-order chi connectivity index (χ1) is 16.6. The molecule has 0 radical (unpaired) electrons. The van der Waals surface area contributed by atoms with E-state index in [2.05, 4.69) is 9.97 Å². The van der Waals surface area contributed by atoms with E-state index >= 15 is 0 Å². The fraction of sp³-hybridized carbons (Fsp3) is 0.0769. The molecule has 0 amide bonds. The number of ether oxygens (including phenoxy) is 2. The van der Waals surface area contributed by atoms with Gasteiger partial charge in [0.05, 0.1) is 25.3 Å². The minimum Gasteiger partial charge on any atom is -0.493 e. The molecular formula is C26H20N4O4. The average Bonchev–Trinajstić information content (AvgIpc) is 3.28. The lowest BCUT2D eigenvalue weighted by Gasteiger charge is -2.12. The van der Waals surface area contributed by atoms with E-state index in [4.69, 9.17) is 14.6 Å². The fourth-order valence-corrected chi connectivity index (χ4v) is 3.91. The van der Waals surface area contributed by atoms with Gasteiger partial charge in [-0.2, -0.15) is 5.10 Å². The van der Waals surface area contributed by atoms with Gasteiger partial charge in [-0.05, 0) is 53.6 Å². The third kappa shape index (κ3) is 3.61. The Bertz CT molecular complexity index is 1500. The van der Waals surface area contributed by atoms with Crippen LogP contribution in [0.15, 0.2) is 79.1 Å². The summed E-state index contributed by atoms with van der Waals surface area (Å²) >= 11 is 0. The predicted molar refractivity (Wildman–Crippen MR) is 128 cm³/mol. The lowest BCUT2D eigenvalue weighted by Crippen LogP contribution is -2.04. The number of hydrogen-bond donors (Lipinski definition) is 1. The summed E-state index contributed by atoms with van der Waals surface area (Å²) in [6.07, 6.45) is 3.41. The Morgan fingerprint density at radius 2 is 1.71 bits per heavy atom. The fourth-order valence-electron chi connectivity index (χ4n) is 3.91. The molecular weight excluding hydrogens is 432 g/mol. The molecule has 8 nitrogen and oxygen atoms in total.